The number of nitrogens with two attached hydrogens (primary N) is 1. The molecule has 0 spiro atoms. The zero-order valence-electron chi connectivity index (χ0n) is 12.0. The number of carbonyl (C=O) groups excluding carboxylic acids is 1. The van der Waals surface area contributed by atoms with E-state index in [-0.39, 0.29) is 12.1 Å². The van der Waals surface area contributed by atoms with Gasteiger partial charge in [-0.3, -0.25) is 5.01 Å². The monoisotopic (exact) mass is 274 g/mol. The van der Waals surface area contributed by atoms with Gasteiger partial charge in [-0.15, -0.1) is 0 Å². The van der Waals surface area contributed by atoms with E-state index >= 15 is 0 Å². The molecule has 0 aromatic heterocycles. The molecule has 0 bridgehead atoms. The van der Waals surface area contributed by atoms with E-state index in [9.17, 15) is 4.79 Å². The topological polar surface area (TPSA) is 52.8 Å². The maximum Gasteiger partial charge on any atom is 0.333 e. The molecule has 1 atom stereocenters. The van der Waals surface area contributed by atoms with Crippen LogP contribution in [-0.4, -0.2) is 48.7 Å². The lowest BCUT2D eigenvalue weighted by atomic mass is 10.1. The fourth-order valence-electron chi connectivity index (χ4n) is 3.38. The molecule has 0 saturated carbocycles. The molecule has 2 heterocycles. The van der Waals surface area contributed by atoms with Gasteiger partial charge in [0, 0.05) is 13.1 Å². The molecular formula is C15H22N4O. The van der Waals surface area contributed by atoms with Gasteiger partial charge < -0.3 is 10.6 Å². The quantitative estimate of drug-likeness (QED) is 0.888. The van der Waals surface area contributed by atoms with Crippen molar-refractivity contribution in [1.29, 1.82) is 0 Å². The van der Waals surface area contributed by atoms with Crippen molar-refractivity contribution in [2.75, 3.05) is 31.7 Å². The van der Waals surface area contributed by atoms with Gasteiger partial charge in [0.05, 0.1) is 11.7 Å². The first kappa shape index (κ1) is 13.2. The summed E-state index contributed by atoms with van der Waals surface area (Å²) in [6, 6.07) is 8.10. The number of benzene rings is 1. The molecule has 1 aromatic carbocycles. The number of hydrazine groups is 1. The number of nitrogens with zero attached hydrogens (tertiary/aromatic N) is 3. The maximum atomic E-state index is 12.0. The average molecular weight is 274 g/mol. The van der Waals surface area contributed by atoms with Crippen LogP contribution in [0.2, 0.25) is 0 Å². The molecule has 3 rings (SSSR count). The Labute approximate surface area is 119 Å². The van der Waals surface area contributed by atoms with Gasteiger partial charge in [-0.25, -0.2) is 9.80 Å². The Bertz CT molecular complexity index is 504. The zero-order valence-corrected chi connectivity index (χ0v) is 12.0. The molecule has 2 amide bonds. The first-order valence-corrected chi connectivity index (χ1v) is 7.29. The predicted octanol–water partition coefficient (Wildman–Crippen LogP) is 1.44. The third kappa shape index (κ3) is 2.33. The van der Waals surface area contributed by atoms with Crippen molar-refractivity contribution in [3.8, 4) is 0 Å². The van der Waals surface area contributed by atoms with E-state index in [1.807, 2.05) is 12.1 Å². The van der Waals surface area contributed by atoms with E-state index in [1.165, 1.54) is 5.56 Å². The third-order valence-electron chi connectivity index (χ3n) is 4.29. The number of anilines is 1. The van der Waals surface area contributed by atoms with Crippen LogP contribution in [0.15, 0.2) is 24.3 Å². The lowest BCUT2D eigenvalue weighted by molar-refractivity contribution is 0.123. The lowest BCUT2D eigenvalue weighted by Gasteiger charge is -2.42. The van der Waals surface area contributed by atoms with Crippen molar-refractivity contribution < 1.29 is 4.79 Å². The van der Waals surface area contributed by atoms with Gasteiger partial charge in [-0.1, -0.05) is 18.2 Å². The normalized spacial score (nSPS) is 22.6. The second kappa shape index (κ2) is 5.32. The summed E-state index contributed by atoms with van der Waals surface area (Å²) in [5.41, 5.74) is 8.10. The van der Waals surface area contributed by atoms with Gasteiger partial charge in [0.25, 0.3) is 0 Å². The number of rotatable bonds is 2. The number of likely N-dealkylation sites (tertiary alicyclic amines) is 1. The van der Waals surface area contributed by atoms with Crippen LogP contribution in [0, 0.1) is 0 Å². The van der Waals surface area contributed by atoms with Crippen LogP contribution in [0.1, 0.15) is 18.4 Å². The summed E-state index contributed by atoms with van der Waals surface area (Å²) in [5, 5.41) is 3.85. The minimum absolute atomic E-state index is 0.178. The first-order chi connectivity index (χ1) is 9.66. The summed E-state index contributed by atoms with van der Waals surface area (Å²) in [6.07, 6.45) is 3.11. The lowest BCUT2D eigenvalue weighted by Crippen LogP contribution is -2.58. The molecule has 5 nitrogen and oxygen atoms in total. The standard InChI is InChI=1S/C15H22N4O/c1-17-9-4-6-13(11-17)19(15(16)20)18-10-8-12-5-2-3-7-14(12)18/h2-3,5,7,13H,4,6,8-11H2,1H3,(H2,16,20). The molecule has 1 unspecified atom stereocenters. The van der Waals surface area contributed by atoms with Crippen LogP contribution in [0.25, 0.3) is 0 Å². The van der Waals surface area contributed by atoms with Gasteiger partial charge in [-0.05, 0) is 44.5 Å². The van der Waals surface area contributed by atoms with Crippen molar-refractivity contribution >= 4 is 11.7 Å². The van der Waals surface area contributed by atoms with E-state index in [2.05, 4.69) is 29.1 Å². The number of amides is 2. The maximum absolute atomic E-state index is 12.0. The van der Waals surface area contributed by atoms with Crippen LogP contribution >= 0.6 is 0 Å². The Balaban J connectivity index is 1.87. The fraction of sp³-hybridized carbons (Fsp3) is 0.533. The van der Waals surface area contributed by atoms with Crippen molar-refractivity contribution in [2.45, 2.75) is 25.3 Å². The van der Waals surface area contributed by atoms with Crippen LogP contribution in [0.3, 0.4) is 0 Å². The smallest absolute Gasteiger partial charge is 0.333 e. The Morgan fingerprint density at radius 1 is 1.35 bits per heavy atom. The second-order valence-corrected chi connectivity index (χ2v) is 5.74. The highest BCUT2D eigenvalue weighted by Crippen LogP contribution is 2.31. The summed E-state index contributed by atoms with van der Waals surface area (Å²) in [7, 11) is 2.10. The summed E-state index contributed by atoms with van der Waals surface area (Å²) in [6.45, 7) is 2.82. The zero-order chi connectivity index (χ0) is 14.1. The molecule has 108 valence electrons. The van der Waals surface area contributed by atoms with Gasteiger partial charge >= 0.3 is 6.03 Å². The molecule has 0 aliphatic carbocycles. The minimum Gasteiger partial charge on any atom is -0.350 e. The van der Waals surface area contributed by atoms with Crippen LogP contribution in [0.5, 0.6) is 0 Å². The molecular weight excluding hydrogens is 252 g/mol. The summed E-state index contributed by atoms with van der Waals surface area (Å²) in [5.74, 6) is 0. The van der Waals surface area contributed by atoms with E-state index in [0.29, 0.717) is 0 Å². The number of hydrogen-bond donors (Lipinski definition) is 1. The van der Waals surface area contributed by atoms with E-state index in [0.717, 1.165) is 44.6 Å². The molecule has 1 fully saturated rings. The van der Waals surface area contributed by atoms with Crippen molar-refractivity contribution in [2.24, 2.45) is 5.73 Å². The number of primary amides is 1. The molecule has 0 radical (unpaired) electrons. The van der Waals surface area contributed by atoms with Crippen LogP contribution in [0.4, 0.5) is 10.5 Å². The molecule has 5 heteroatoms. The van der Waals surface area contributed by atoms with Gasteiger partial charge in [-0.2, -0.15) is 0 Å². The number of fused-ring (bicyclic) bond motifs is 1. The number of urea groups is 1. The van der Waals surface area contributed by atoms with E-state index in [1.54, 1.807) is 5.01 Å². The Kier molecular flexibility index (Phi) is 3.53. The molecule has 2 N–H and O–H groups in total. The van der Waals surface area contributed by atoms with Crippen molar-refractivity contribution in [1.82, 2.24) is 9.91 Å². The Morgan fingerprint density at radius 2 is 2.15 bits per heavy atom. The Morgan fingerprint density at radius 3 is 2.90 bits per heavy atom. The highest BCUT2D eigenvalue weighted by Gasteiger charge is 2.33. The van der Waals surface area contributed by atoms with Crippen molar-refractivity contribution in [3.05, 3.63) is 29.8 Å². The number of para-hydroxylation sites is 1. The number of piperidine rings is 1. The summed E-state index contributed by atoms with van der Waals surface area (Å²) < 4.78 is 0. The summed E-state index contributed by atoms with van der Waals surface area (Å²) in [4.78, 5) is 14.3. The number of likely N-dealkylation sites (N-methyl/N-ethyl adjacent to an activating group) is 1. The second-order valence-electron chi connectivity index (χ2n) is 5.74. The van der Waals surface area contributed by atoms with Gasteiger partial charge in [0.2, 0.25) is 0 Å². The highest BCUT2D eigenvalue weighted by molar-refractivity contribution is 5.76. The first-order valence-electron chi connectivity index (χ1n) is 7.29. The third-order valence-corrected chi connectivity index (χ3v) is 4.29. The van der Waals surface area contributed by atoms with Gasteiger partial charge in [0.15, 0.2) is 0 Å². The predicted molar refractivity (Wildman–Crippen MR) is 79.4 cm³/mol. The van der Waals surface area contributed by atoms with E-state index < -0.39 is 0 Å². The highest BCUT2D eigenvalue weighted by atomic mass is 16.2. The minimum atomic E-state index is -0.345. The van der Waals surface area contributed by atoms with Crippen LogP contribution < -0.4 is 10.7 Å². The molecule has 2 aliphatic heterocycles. The molecule has 1 aromatic rings. The SMILES string of the molecule is CN1CCCC(N(C(N)=O)N2CCc3ccccc32)C1. The van der Waals surface area contributed by atoms with E-state index in [4.69, 9.17) is 5.73 Å². The number of carbonyl (C=O) groups is 1. The Hall–Kier alpha value is -1.75. The average Bonchev–Trinajstić information content (AvgIpc) is 2.83. The molecule has 1 saturated heterocycles. The molecule has 20 heavy (non-hydrogen) atoms. The fourth-order valence-corrected chi connectivity index (χ4v) is 3.38. The van der Waals surface area contributed by atoms with Crippen LogP contribution in [-0.2, 0) is 6.42 Å². The number of hydrogen-bond acceptors (Lipinski definition) is 3. The largest absolute Gasteiger partial charge is 0.350 e. The summed E-state index contributed by atoms with van der Waals surface area (Å²) >= 11 is 0. The molecule has 2 aliphatic rings. The van der Waals surface area contributed by atoms with Crippen molar-refractivity contribution in [3.63, 3.8) is 0 Å². The van der Waals surface area contributed by atoms with Gasteiger partial charge in [0.1, 0.15) is 0 Å².